The molecule has 0 aliphatic heterocycles. The SMILES string of the molecule is Cc1cc(C(=O)COC(=O)/C=C/c2cccc3cccnc23)c(C)n1C. The molecule has 0 unspecified atom stereocenters. The predicted molar refractivity (Wildman–Crippen MR) is 101 cm³/mol. The number of para-hydroxylation sites is 1. The molecule has 0 spiro atoms. The fourth-order valence-corrected chi connectivity index (χ4v) is 2.82. The average molecular weight is 348 g/mol. The Morgan fingerprint density at radius 2 is 1.96 bits per heavy atom. The normalized spacial score (nSPS) is 11.2. The standard InChI is InChI=1S/C21H20N2O3/c1-14-12-18(15(2)23(14)3)19(24)13-26-20(25)10-9-17-7-4-6-16-8-5-11-22-21(16)17/h4-12H,13H2,1-3H3/b10-9+. The summed E-state index contributed by atoms with van der Waals surface area (Å²) in [7, 11) is 1.90. The van der Waals surface area contributed by atoms with E-state index in [4.69, 9.17) is 4.74 Å². The largest absolute Gasteiger partial charge is 0.454 e. The highest BCUT2D eigenvalue weighted by Gasteiger charge is 2.15. The van der Waals surface area contributed by atoms with Gasteiger partial charge in [-0.25, -0.2) is 4.79 Å². The number of carbonyl (C=O) groups is 2. The van der Waals surface area contributed by atoms with Crippen LogP contribution in [0.5, 0.6) is 0 Å². The van der Waals surface area contributed by atoms with E-state index >= 15 is 0 Å². The number of esters is 1. The van der Waals surface area contributed by atoms with E-state index in [1.807, 2.05) is 61.9 Å². The Hall–Kier alpha value is -3.21. The van der Waals surface area contributed by atoms with Gasteiger partial charge >= 0.3 is 5.97 Å². The number of carbonyl (C=O) groups excluding carboxylic acids is 2. The Morgan fingerprint density at radius 3 is 2.69 bits per heavy atom. The molecule has 0 fully saturated rings. The summed E-state index contributed by atoms with van der Waals surface area (Å²) in [6.07, 6.45) is 4.68. The molecule has 0 aliphatic carbocycles. The van der Waals surface area contributed by atoms with Crippen molar-refractivity contribution >= 4 is 28.7 Å². The van der Waals surface area contributed by atoms with E-state index in [1.165, 1.54) is 6.08 Å². The van der Waals surface area contributed by atoms with Gasteiger partial charge in [-0.1, -0.05) is 24.3 Å². The Balaban J connectivity index is 1.66. The molecule has 3 rings (SSSR count). The Morgan fingerprint density at radius 1 is 1.19 bits per heavy atom. The zero-order chi connectivity index (χ0) is 18.7. The lowest BCUT2D eigenvalue weighted by Crippen LogP contribution is -2.13. The molecule has 0 bridgehead atoms. The number of ketones is 1. The Kier molecular flexibility index (Phi) is 4.98. The highest BCUT2D eigenvalue weighted by Crippen LogP contribution is 2.17. The molecular weight excluding hydrogens is 328 g/mol. The van der Waals surface area contributed by atoms with Crippen LogP contribution < -0.4 is 0 Å². The molecule has 0 atom stereocenters. The third-order valence-corrected chi connectivity index (χ3v) is 4.48. The number of benzene rings is 1. The molecule has 2 heterocycles. The predicted octanol–water partition coefficient (Wildman–Crippen LogP) is 3.63. The fourth-order valence-electron chi connectivity index (χ4n) is 2.82. The summed E-state index contributed by atoms with van der Waals surface area (Å²) in [6, 6.07) is 11.4. The van der Waals surface area contributed by atoms with Crippen LogP contribution in [0.2, 0.25) is 0 Å². The summed E-state index contributed by atoms with van der Waals surface area (Å²) in [5, 5.41) is 0.994. The van der Waals surface area contributed by atoms with Gasteiger partial charge in [-0.05, 0) is 32.1 Å². The molecule has 5 heteroatoms. The first-order valence-electron chi connectivity index (χ1n) is 8.32. The van der Waals surface area contributed by atoms with Gasteiger partial charge < -0.3 is 9.30 Å². The number of hydrogen-bond acceptors (Lipinski definition) is 4. The quantitative estimate of drug-likeness (QED) is 0.401. The van der Waals surface area contributed by atoms with Gasteiger partial charge in [0, 0.05) is 47.2 Å². The molecule has 0 radical (unpaired) electrons. The first-order chi connectivity index (χ1) is 12.5. The average Bonchev–Trinajstić information content (AvgIpc) is 2.91. The Bertz CT molecular complexity index is 1010. The van der Waals surface area contributed by atoms with Gasteiger partial charge in [0.05, 0.1) is 5.52 Å². The van der Waals surface area contributed by atoms with Crippen LogP contribution >= 0.6 is 0 Å². The minimum Gasteiger partial charge on any atom is -0.454 e. The maximum atomic E-state index is 12.3. The van der Waals surface area contributed by atoms with Crippen molar-refractivity contribution in [3.05, 3.63) is 71.2 Å². The van der Waals surface area contributed by atoms with Crippen molar-refractivity contribution in [2.45, 2.75) is 13.8 Å². The lowest BCUT2D eigenvalue weighted by atomic mass is 10.1. The van der Waals surface area contributed by atoms with Crippen LogP contribution in [-0.2, 0) is 16.6 Å². The fraction of sp³-hybridized carbons (Fsp3) is 0.190. The maximum Gasteiger partial charge on any atom is 0.331 e. The van der Waals surface area contributed by atoms with Crippen LogP contribution in [0.4, 0.5) is 0 Å². The lowest BCUT2D eigenvalue weighted by Gasteiger charge is -2.03. The van der Waals surface area contributed by atoms with Crippen LogP contribution in [-0.4, -0.2) is 27.9 Å². The van der Waals surface area contributed by atoms with E-state index in [2.05, 4.69) is 4.98 Å². The highest BCUT2D eigenvalue weighted by atomic mass is 16.5. The second-order valence-electron chi connectivity index (χ2n) is 6.13. The van der Waals surface area contributed by atoms with E-state index < -0.39 is 5.97 Å². The van der Waals surface area contributed by atoms with Gasteiger partial charge in [0.1, 0.15) is 0 Å². The highest BCUT2D eigenvalue weighted by molar-refractivity contribution is 6.00. The van der Waals surface area contributed by atoms with Crippen LogP contribution in [0.15, 0.2) is 48.7 Å². The zero-order valence-corrected chi connectivity index (χ0v) is 15.0. The summed E-state index contributed by atoms with van der Waals surface area (Å²) in [5.74, 6) is -0.767. The molecule has 3 aromatic rings. The molecule has 0 saturated heterocycles. The molecule has 0 saturated carbocycles. The van der Waals surface area contributed by atoms with Crippen molar-refractivity contribution in [2.75, 3.05) is 6.61 Å². The molecule has 0 aliphatic rings. The van der Waals surface area contributed by atoms with E-state index in [0.29, 0.717) is 5.56 Å². The molecular formula is C21H20N2O3. The van der Waals surface area contributed by atoms with E-state index in [0.717, 1.165) is 27.9 Å². The maximum absolute atomic E-state index is 12.3. The third kappa shape index (κ3) is 3.57. The zero-order valence-electron chi connectivity index (χ0n) is 15.0. The van der Waals surface area contributed by atoms with Gasteiger partial charge in [0.25, 0.3) is 0 Å². The molecule has 0 amide bonds. The van der Waals surface area contributed by atoms with Gasteiger partial charge in [-0.3, -0.25) is 9.78 Å². The minimum absolute atomic E-state index is 0.209. The number of Topliss-reactive ketones (excluding diaryl/α,β-unsaturated/α-hetero) is 1. The summed E-state index contributed by atoms with van der Waals surface area (Å²) in [5.41, 5.74) is 4.06. The summed E-state index contributed by atoms with van der Waals surface area (Å²) in [6.45, 7) is 3.52. The Labute approximate surface area is 151 Å². The number of pyridine rings is 1. The van der Waals surface area contributed by atoms with E-state index in [9.17, 15) is 9.59 Å². The molecule has 0 N–H and O–H groups in total. The topological polar surface area (TPSA) is 61.2 Å². The van der Waals surface area contributed by atoms with Gasteiger partial charge in [0.2, 0.25) is 5.78 Å². The van der Waals surface area contributed by atoms with Crippen molar-refractivity contribution in [1.82, 2.24) is 9.55 Å². The summed E-state index contributed by atoms with van der Waals surface area (Å²) < 4.78 is 7.02. The first kappa shape index (κ1) is 17.6. The smallest absolute Gasteiger partial charge is 0.331 e. The number of nitrogens with zero attached hydrogens (tertiary/aromatic N) is 2. The molecule has 132 valence electrons. The number of aryl methyl sites for hydroxylation is 1. The number of hydrogen-bond donors (Lipinski definition) is 0. The number of ether oxygens (including phenoxy) is 1. The molecule has 1 aromatic carbocycles. The van der Waals surface area contributed by atoms with E-state index in [-0.39, 0.29) is 12.4 Å². The van der Waals surface area contributed by atoms with Crippen LogP contribution in [0.1, 0.15) is 27.3 Å². The van der Waals surface area contributed by atoms with Crippen LogP contribution in [0.3, 0.4) is 0 Å². The molecule has 5 nitrogen and oxygen atoms in total. The monoisotopic (exact) mass is 348 g/mol. The second-order valence-corrected chi connectivity index (χ2v) is 6.13. The second kappa shape index (κ2) is 7.35. The number of aromatic nitrogens is 2. The van der Waals surface area contributed by atoms with Crippen molar-refractivity contribution in [3.8, 4) is 0 Å². The number of fused-ring (bicyclic) bond motifs is 1. The summed E-state index contributed by atoms with van der Waals surface area (Å²) >= 11 is 0. The first-order valence-corrected chi connectivity index (χ1v) is 8.32. The molecule has 2 aromatic heterocycles. The summed E-state index contributed by atoms with van der Waals surface area (Å²) in [4.78, 5) is 28.6. The van der Waals surface area contributed by atoms with Gasteiger partial charge in [0.15, 0.2) is 6.61 Å². The molecule has 26 heavy (non-hydrogen) atoms. The van der Waals surface area contributed by atoms with Gasteiger partial charge in [-0.2, -0.15) is 0 Å². The van der Waals surface area contributed by atoms with Crippen LogP contribution in [0.25, 0.3) is 17.0 Å². The lowest BCUT2D eigenvalue weighted by molar-refractivity contribution is -0.136. The minimum atomic E-state index is -0.559. The number of rotatable bonds is 5. The van der Waals surface area contributed by atoms with Gasteiger partial charge in [-0.15, -0.1) is 0 Å². The van der Waals surface area contributed by atoms with Crippen molar-refractivity contribution in [1.29, 1.82) is 0 Å². The van der Waals surface area contributed by atoms with Crippen molar-refractivity contribution in [2.24, 2.45) is 7.05 Å². The van der Waals surface area contributed by atoms with E-state index in [1.54, 1.807) is 12.3 Å². The third-order valence-electron chi connectivity index (χ3n) is 4.48. The van der Waals surface area contributed by atoms with Crippen LogP contribution in [0, 0.1) is 13.8 Å². The van der Waals surface area contributed by atoms with Crippen molar-refractivity contribution in [3.63, 3.8) is 0 Å². The van der Waals surface area contributed by atoms with Crippen molar-refractivity contribution < 1.29 is 14.3 Å².